The highest BCUT2D eigenvalue weighted by molar-refractivity contribution is 5.96. The second kappa shape index (κ2) is 14.9. The Morgan fingerprint density at radius 3 is 2.49 bits per heavy atom. The Balaban J connectivity index is 0.00000208. The predicted octanol–water partition coefficient (Wildman–Crippen LogP) is 7.23. The van der Waals surface area contributed by atoms with Crippen molar-refractivity contribution in [3.05, 3.63) is 65.4 Å². The third-order valence-electron chi connectivity index (χ3n) is 10.2. The molecule has 2 aromatic heterocycles. The fraction of sp³-hybridized carbons (Fsp3) is 0.432. The SMILES string of the molecule is Cl.Cl.O=C(O)c1ccc2c(C3CCCCC3)c3n(c2n1)CCOc1cc(OCc2cc(N4CCCC4=O)ccc2N2CCOCC2)ccc1-3. The number of anilines is 2. The molecule has 0 bridgehead atoms. The summed E-state index contributed by atoms with van der Waals surface area (Å²) in [4.78, 5) is 33.3. The van der Waals surface area contributed by atoms with Gasteiger partial charge in [-0.1, -0.05) is 19.3 Å². The number of aromatic carboxylic acids is 1. The van der Waals surface area contributed by atoms with Crippen molar-refractivity contribution < 1.29 is 28.9 Å². The molecule has 3 fully saturated rings. The first-order valence-corrected chi connectivity index (χ1v) is 17.0. The van der Waals surface area contributed by atoms with Crippen LogP contribution in [0.3, 0.4) is 0 Å². The second-order valence-electron chi connectivity index (χ2n) is 13.0. The molecule has 0 radical (unpaired) electrons. The van der Waals surface area contributed by atoms with E-state index in [1.807, 2.05) is 29.2 Å². The van der Waals surface area contributed by atoms with E-state index in [2.05, 4.69) is 32.7 Å². The minimum atomic E-state index is -1.02. The summed E-state index contributed by atoms with van der Waals surface area (Å²) in [6.07, 6.45) is 7.31. The van der Waals surface area contributed by atoms with E-state index in [-0.39, 0.29) is 36.4 Å². The van der Waals surface area contributed by atoms with E-state index in [1.54, 1.807) is 6.07 Å². The van der Waals surface area contributed by atoms with Crippen molar-refractivity contribution in [1.82, 2.24) is 9.55 Å². The van der Waals surface area contributed by atoms with E-state index in [0.29, 0.717) is 56.7 Å². The van der Waals surface area contributed by atoms with Crippen LogP contribution in [0.4, 0.5) is 11.4 Å². The van der Waals surface area contributed by atoms with Gasteiger partial charge in [0.15, 0.2) is 5.69 Å². The Hall–Kier alpha value is -3.99. The number of fused-ring (bicyclic) bond motifs is 5. The summed E-state index contributed by atoms with van der Waals surface area (Å²) in [6.45, 7) is 5.07. The summed E-state index contributed by atoms with van der Waals surface area (Å²) in [6, 6.07) is 15.9. The van der Waals surface area contributed by atoms with Crippen molar-refractivity contribution in [1.29, 1.82) is 0 Å². The average Bonchev–Trinajstić information content (AvgIpc) is 3.62. The van der Waals surface area contributed by atoms with Crippen LogP contribution < -0.4 is 19.3 Å². The van der Waals surface area contributed by atoms with Crippen molar-refractivity contribution in [3.63, 3.8) is 0 Å². The van der Waals surface area contributed by atoms with Gasteiger partial charge in [-0.05, 0) is 73.2 Å². The van der Waals surface area contributed by atoms with Gasteiger partial charge in [0.2, 0.25) is 5.91 Å². The summed E-state index contributed by atoms with van der Waals surface area (Å²) >= 11 is 0. The number of hydrogen-bond acceptors (Lipinski definition) is 7. The molecule has 12 heteroatoms. The zero-order valence-corrected chi connectivity index (χ0v) is 29.0. The number of ether oxygens (including phenoxy) is 3. The van der Waals surface area contributed by atoms with Crippen LogP contribution in [0.2, 0.25) is 0 Å². The molecule has 2 saturated heterocycles. The van der Waals surface area contributed by atoms with E-state index < -0.39 is 5.97 Å². The van der Waals surface area contributed by atoms with Crippen molar-refractivity contribution in [2.24, 2.45) is 0 Å². The van der Waals surface area contributed by atoms with Crippen molar-refractivity contribution in [2.45, 2.75) is 64.0 Å². The first-order chi connectivity index (χ1) is 23.0. The van der Waals surface area contributed by atoms with E-state index >= 15 is 0 Å². The minimum absolute atomic E-state index is 0. The largest absolute Gasteiger partial charge is 0.491 e. The molecule has 0 atom stereocenters. The minimum Gasteiger partial charge on any atom is -0.491 e. The summed E-state index contributed by atoms with van der Waals surface area (Å²) in [7, 11) is 0. The summed E-state index contributed by atoms with van der Waals surface area (Å²) in [5.74, 6) is 0.982. The maximum atomic E-state index is 12.6. The number of carboxylic acid groups (broad SMARTS) is 1. The maximum absolute atomic E-state index is 12.6. The van der Waals surface area contributed by atoms with Gasteiger partial charge in [0.25, 0.3) is 0 Å². The van der Waals surface area contributed by atoms with Gasteiger partial charge in [0, 0.05) is 60.0 Å². The molecule has 4 aromatic rings. The molecule has 10 nitrogen and oxygen atoms in total. The number of morpholine rings is 1. The van der Waals surface area contributed by atoms with Crippen molar-refractivity contribution in [2.75, 3.05) is 49.3 Å². The van der Waals surface area contributed by atoms with Crippen LogP contribution in [0, 0.1) is 0 Å². The highest BCUT2D eigenvalue weighted by Gasteiger charge is 2.31. The number of carboxylic acids is 1. The molecule has 5 heterocycles. The molecule has 2 aromatic carbocycles. The number of amides is 1. The molecule has 1 amide bonds. The van der Waals surface area contributed by atoms with Gasteiger partial charge >= 0.3 is 5.97 Å². The zero-order valence-electron chi connectivity index (χ0n) is 27.4. The second-order valence-corrected chi connectivity index (χ2v) is 13.0. The van der Waals surface area contributed by atoms with Gasteiger partial charge in [0.05, 0.1) is 25.5 Å². The molecule has 1 saturated carbocycles. The number of benzene rings is 2. The molecule has 3 aliphatic heterocycles. The fourth-order valence-electron chi connectivity index (χ4n) is 7.88. The quantitative estimate of drug-likeness (QED) is 0.214. The summed E-state index contributed by atoms with van der Waals surface area (Å²) in [5, 5.41) is 10.8. The monoisotopic (exact) mass is 708 g/mol. The third kappa shape index (κ3) is 6.66. The molecular weight excluding hydrogens is 667 g/mol. The van der Waals surface area contributed by atoms with Gasteiger partial charge in [-0.15, -0.1) is 24.8 Å². The Labute approximate surface area is 298 Å². The first kappa shape index (κ1) is 34.9. The number of carbonyl (C=O) groups excluding carboxylic acids is 1. The molecule has 260 valence electrons. The Bertz CT molecular complexity index is 1850. The molecule has 1 aliphatic carbocycles. The molecule has 0 unspecified atom stereocenters. The van der Waals surface area contributed by atoms with E-state index in [4.69, 9.17) is 14.2 Å². The number of aromatic nitrogens is 2. The van der Waals surface area contributed by atoms with Crippen LogP contribution in [0.15, 0.2) is 48.5 Å². The predicted molar refractivity (Wildman–Crippen MR) is 193 cm³/mol. The Morgan fingerprint density at radius 1 is 0.918 bits per heavy atom. The van der Waals surface area contributed by atoms with Crippen LogP contribution in [0.5, 0.6) is 11.5 Å². The van der Waals surface area contributed by atoms with Gasteiger partial charge in [-0.3, -0.25) is 4.79 Å². The van der Waals surface area contributed by atoms with Crippen LogP contribution >= 0.6 is 24.8 Å². The topological polar surface area (TPSA) is 106 Å². The smallest absolute Gasteiger partial charge is 0.354 e. The highest BCUT2D eigenvalue weighted by Crippen LogP contribution is 2.47. The number of hydrogen-bond donors (Lipinski definition) is 1. The fourth-order valence-corrected chi connectivity index (χ4v) is 7.88. The van der Waals surface area contributed by atoms with Crippen LogP contribution in [-0.4, -0.2) is 66.0 Å². The van der Waals surface area contributed by atoms with Gasteiger partial charge in [0.1, 0.15) is 30.4 Å². The van der Waals surface area contributed by atoms with Crippen LogP contribution in [-0.2, 0) is 22.7 Å². The molecular formula is C37H42Cl2N4O6. The highest BCUT2D eigenvalue weighted by atomic mass is 35.5. The molecule has 4 aliphatic rings. The first-order valence-electron chi connectivity index (χ1n) is 17.0. The normalized spacial score (nSPS) is 17.8. The standard InChI is InChI=1S/C37H40N4O6.2ClH/c42-33-7-4-14-40(33)26-8-13-31(39-15-18-45-19-16-39)25(21-26)23-47-27-9-10-28-32(22-27)46-20-17-41-35(28)34(24-5-2-1-3-6-24)29-11-12-30(37(43)44)38-36(29)41;;/h8-13,21-22,24H,1-7,14-20,23H2,(H,43,44);2*1H. The number of halogens is 2. The van der Waals surface area contributed by atoms with Crippen LogP contribution in [0.25, 0.3) is 22.3 Å². The summed E-state index contributed by atoms with van der Waals surface area (Å²) in [5.41, 5.74) is 7.13. The lowest BCUT2D eigenvalue weighted by atomic mass is 9.82. The Kier molecular flexibility index (Phi) is 10.6. The number of rotatable bonds is 7. The molecule has 1 N–H and O–H groups in total. The lowest BCUT2D eigenvalue weighted by molar-refractivity contribution is -0.117. The van der Waals surface area contributed by atoms with E-state index in [0.717, 1.165) is 78.2 Å². The van der Waals surface area contributed by atoms with Crippen molar-refractivity contribution in [3.8, 4) is 22.8 Å². The van der Waals surface area contributed by atoms with Gasteiger partial charge in [-0.2, -0.15) is 0 Å². The van der Waals surface area contributed by atoms with E-state index in [1.165, 1.54) is 24.8 Å². The molecule has 0 spiro atoms. The van der Waals surface area contributed by atoms with Gasteiger partial charge < -0.3 is 33.7 Å². The molecule has 49 heavy (non-hydrogen) atoms. The van der Waals surface area contributed by atoms with Crippen LogP contribution in [0.1, 0.15) is 72.5 Å². The number of pyridine rings is 1. The average molecular weight is 710 g/mol. The lowest BCUT2D eigenvalue weighted by Gasteiger charge is -2.31. The number of nitrogens with zero attached hydrogens (tertiary/aromatic N) is 4. The lowest BCUT2D eigenvalue weighted by Crippen LogP contribution is -2.37. The third-order valence-corrected chi connectivity index (χ3v) is 10.2. The molecule has 8 rings (SSSR count). The van der Waals surface area contributed by atoms with E-state index in [9.17, 15) is 14.7 Å². The summed E-state index contributed by atoms with van der Waals surface area (Å²) < 4.78 is 20.6. The van der Waals surface area contributed by atoms with Crippen molar-refractivity contribution >= 4 is 59.1 Å². The van der Waals surface area contributed by atoms with Gasteiger partial charge in [-0.25, -0.2) is 9.78 Å². The zero-order chi connectivity index (χ0) is 31.9. The maximum Gasteiger partial charge on any atom is 0.354 e. The number of carbonyl (C=O) groups is 2. The Morgan fingerprint density at radius 2 is 1.73 bits per heavy atom.